The van der Waals surface area contributed by atoms with Crippen molar-refractivity contribution in [3.63, 3.8) is 0 Å². The lowest BCUT2D eigenvalue weighted by Gasteiger charge is -2.23. The summed E-state index contributed by atoms with van der Waals surface area (Å²) in [4.78, 5) is 35.2. The van der Waals surface area contributed by atoms with Crippen LogP contribution in [0, 0.1) is 17.6 Å². The largest absolute Gasteiger partial charge is 0.383 e. The highest BCUT2D eigenvalue weighted by molar-refractivity contribution is 6.05. The molecule has 1 aliphatic heterocycles. The van der Waals surface area contributed by atoms with Gasteiger partial charge in [0.2, 0.25) is 5.43 Å². The average molecular weight is 571 g/mol. The highest BCUT2D eigenvalue weighted by Gasteiger charge is 2.21. The maximum atomic E-state index is 15.4. The van der Waals surface area contributed by atoms with Crippen LogP contribution in [0.3, 0.4) is 0 Å². The Morgan fingerprint density at radius 1 is 1.02 bits per heavy atom. The SMILES string of the molecule is Cn1cc(-c2ccc(NC(=O)c3cn(CC4CCOCC4)cc(-c4ccc(F)cc4)c3=O)cc2F)c2c(N)ncnc21. The van der Waals surface area contributed by atoms with E-state index >= 15 is 4.39 Å². The number of nitrogens with two attached hydrogens (primary N) is 1. The van der Waals surface area contributed by atoms with Crippen molar-refractivity contribution in [1.82, 2.24) is 19.1 Å². The summed E-state index contributed by atoms with van der Waals surface area (Å²) in [5.74, 6) is -1.17. The third kappa shape index (κ3) is 5.26. The molecule has 0 atom stereocenters. The fourth-order valence-corrected chi connectivity index (χ4v) is 5.41. The van der Waals surface area contributed by atoms with E-state index in [0.717, 1.165) is 12.8 Å². The van der Waals surface area contributed by atoms with Crippen molar-refractivity contribution in [1.29, 1.82) is 0 Å². The van der Waals surface area contributed by atoms with Crippen LogP contribution in [0.4, 0.5) is 20.3 Å². The zero-order valence-electron chi connectivity index (χ0n) is 22.8. The van der Waals surface area contributed by atoms with Gasteiger partial charge < -0.3 is 24.9 Å². The van der Waals surface area contributed by atoms with Crippen LogP contribution in [0.1, 0.15) is 23.2 Å². The van der Waals surface area contributed by atoms with Gasteiger partial charge in [-0.3, -0.25) is 9.59 Å². The summed E-state index contributed by atoms with van der Waals surface area (Å²) >= 11 is 0. The molecule has 1 saturated heterocycles. The summed E-state index contributed by atoms with van der Waals surface area (Å²) in [7, 11) is 1.78. The number of amides is 1. The smallest absolute Gasteiger partial charge is 0.261 e. The summed E-state index contributed by atoms with van der Waals surface area (Å²) in [5.41, 5.74) is 7.73. The molecule has 4 heterocycles. The highest BCUT2D eigenvalue weighted by atomic mass is 19.1. The number of nitrogens with one attached hydrogen (secondary N) is 1. The first-order valence-electron chi connectivity index (χ1n) is 13.5. The van der Waals surface area contributed by atoms with Crippen LogP contribution in [0.25, 0.3) is 33.3 Å². The zero-order valence-corrected chi connectivity index (χ0v) is 22.8. The summed E-state index contributed by atoms with van der Waals surface area (Å²) in [5, 5.41) is 3.19. The Morgan fingerprint density at radius 2 is 1.79 bits per heavy atom. The van der Waals surface area contributed by atoms with Gasteiger partial charge in [0.1, 0.15) is 35.0 Å². The van der Waals surface area contributed by atoms with E-state index < -0.39 is 23.0 Å². The first-order valence-corrected chi connectivity index (χ1v) is 13.5. The van der Waals surface area contributed by atoms with Crippen molar-refractivity contribution in [2.24, 2.45) is 13.0 Å². The number of anilines is 2. The molecule has 5 aromatic rings. The maximum absolute atomic E-state index is 15.4. The van der Waals surface area contributed by atoms with Crippen molar-refractivity contribution >= 4 is 28.4 Å². The molecule has 1 aliphatic rings. The summed E-state index contributed by atoms with van der Waals surface area (Å²) in [6.07, 6.45) is 7.99. The molecular formula is C31H28F2N6O3. The molecule has 0 bridgehead atoms. The highest BCUT2D eigenvalue weighted by Crippen LogP contribution is 2.34. The van der Waals surface area contributed by atoms with E-state index in [-0.39, 0.29) is 28.2 Å². The summed E-state index contributed by atoms with van der Waals surface area (Å²) in [6, 6.07) is 9.83. The number of benzene rings is 2. The predicted molar refractivity (Wildman–Crippen MR) is 156 cm³/mol. The Hall–Kier alpha value is -4.90. The molecular weight excluding hydrogens is 542 g/mol. The van der Waals surface area contributed by atoms with E-state index in [0.29, 0.717) is 47.8 Å². The number of carbonyl (C=O) groups is 1. The quantitative estimate of drug-likeness (QED) is 0.297. The minimum absolute atomic E-state index is 0.104. The van der Waals surface area contributed by atoms with Gasteiger partial charge in [-0.25, -0.2) is 18.7 Å². The van der Waals surface area contributed by atoms with Gasteiger partial charge in [0.15, 0.2) is 0 Å². The van der Waals surface area contributed by atoms with Crippen LogP contribution in [0.15, 0.2) is 72.2 Å². The lowest BCUT2D eigenvalue weighted by atomic mass is 9.99. The molecule has 0 aliphatic carbocycles. The van der Waals surface area contributed by atoms with Crippen LogP contribution in [0.2, 0.25) is 0 Å². The van der Waals surface area contributed by atoms with Crippen LogP contribution in [-0.4, -0.2) is 38.2 Å². The minimum atomic E-state index is -0.681. The molecule has 3 aromatic heterocycles. The second-order valence-electron chi connectivity index (χ2n) is 10.4. The number of pyridine rings is 1. The number of hydrogen-bond acceptors (Lipinski definition) is 6. The van der Waals surface area contributed by atoms with Crippen molar-refractivity contribution in [2.75, 3.05) is 24.3 Å². The number of aromatic nitrogens is 4. The van der Waals surface area contributed by atoms with Crippen molar-refractivity contribution in [2.45, 2.75) is 19.4 Å². The first-order chi connectivity index (χ1) is 20.3. The molecule has 6 rings (SSSR count). The Labute approximate surface area is 239 Å². The zero-order chi connectivity index (χ0) is 29.4. The Balaban J connectivity index is 1.33. The summed E-state index contributed by atoms with van der Waals surface area (Å²) < 4.78 is 38.1. The molecule has 9 nitrogen and oxygen atoms in total. The van der Waals surface area contributed by atoms with E-state index in [1.165, 1.54) is 48.9 Å². The number of fused-ring (bicyclic) bond motifs is 1. The number of halogens is 2. The molecule has 11 heteroatoms. The molecule has 3 N–H and O–H groups in total. The molecule has 0 saturated carbocycles. The number of ether oxygens (including phenoxy) is 1. The first kappa shape index (κ1) is 27.3. The van der Waals surface area contributed by atoms with E-state index in [1.807, 2.05) is 4.57 Å². The second-order valence-corrected chi connectivity index (χ2v) is 10.4. The number of rotatable bonds is 6. The Bertz CT molecular complexity index is 1860. The standard InChI is InChI=1S/C31H28F2N6O3/c1-38-14-24(27-29(34)35-17-36-30(27)38)22-7-6-21(12-26(22)33)37-31(41)25-16-39(13-18-8-10-42-11-9-18)15-23(28(25)40)19-2-4-20(32)5-3-19/h2-7,12,14-18H,8-11,13H2,1H3,(H,37,41)(H2,34,35,36). The van der Waals surface area contributed by atoms with Gasteiger partial charge >= 0.3 is 0 Å². The van der Waals surface area contributed by atoms with Gasteiger partial charge in [-0.2, -0.15) is 0 Å². The van der Waals surface area contributed by atoms with E-state index in [1.54, 1.807) is 30.1 Å². The van der Waals surface area contributed by atoms with Crippen LogP contribution in [0.5, 0.6) is 0 Å². The number of aryl methyl sites for hydroxylation is 1. The predicted octanol–water partition coefficient (Wildman–Crippen LogP) is 5.00. The molecule has 1 fully saturated rings. The second kappa shape index (κ2) is 11.2. The number of nitrogen functional groups attached to an aromatic ring is 1. The van der Waals surface area contributed by atoms with E-state index in [4.69, 9.17) is 10.5 Å². The molecule has 2 aromatic carbocycles. The average Bonchev–Trinajstić information content (AvgIpc) is 3.32. The van der Waals surface area contributed by atoms with Gasteiger partial charge in [-0.1, -0.05) is 12.1 Å². The van der Waals surface area contributed by atoms with Gasteiger partial charge in [-0.05, 0) is 54.7 Å². The van der Waals surface area contributed by atoms with Crippen molar-refractivity contribution in [3.8, 4) is 22.3 Å². The normalized spacial score (nSPS) is 13.9. The van der Waals surface area contributed by atoms with Crippen LogP contribution in [-0.2, 0) is 18.3 Å². The monoisotopic (exact) mass is 570 g/mol. The molecule has 42 heavy (non-hydrogen) atoms. The van der Waals surface area contributed by atoms with Gasteiger partial charge in [0.25, 0.3) is 5.91 Å². The number of nitrogens with zero attached hydrogens (tertiary/aromatic N) is 4. The molecule has 0 unspecified atom stereocenters. The third-order valence-corrected chi connectivity index (χ3v) is 7.59. The Kier molecular flexibility index (Phi) is 7.26. The third-order valence-electron chi connectivity index (χ3n) is 7.59. The lowest BCUT2D eigenvalue weighted by molar-refractivity contribution is 0.0612. The number of hydrogen-bond donors (Lipinski definition) is 2. The topological polar surface area (TPSA) is 117 Å². The molecule has 0 spiro atoms. The van der Waals surface area contributed by atoms with Crippen molar-refractivity contribution in [3.05, 3.63) is 94.8 Å². The van der Waals surface area contributed by atoms with E-state index in [9.17, 15) is 14.0 Å². The molecule has 1 amide bonds. The molecule has 0 radical (unpaired) electrons. The number of carbonyl (C=O) groups excluding carboxylic acids is 1. The maximum Gasteiger partial charge on any atom is 0.261 e. The summed E-state index contributed by atoms with van der Waals surface area (Å²) in [6.45, 7) is 1.89. The fraction of sp³-hybridized carbons (Fsp3) is 0.226. The fourth-order valence-electron chi connectivity index (χ4n) is 5.41. The van der Waals surface area contributed by atoms with E-state index in [2.05, 4.69) is 15.3 Å². The van der Waals surface area contributed by atoms with Crippen LogP contribution < -0.4 is 16.5 Å². The van der Waals surface area contributed by atoms with Gasteiger partial charge in [-0.15, -0.1) is 0 Å². The van der Waals surface area contributed by atoms with Gasteiger partial charge in [0.05, 0.1) is 5.39 Å². The minimum Gasteiger partial charge on any atom is -0.383 e. The molecule has 214 valence electrons. The Morgan fingerprint density at radius 3 is 2.52 bits per heavy atom. The van der Waals surface area contributed by atoms with Crippen molar-refractivity contribution < 1.29 is 18.3 Å². The van der Waals surface area contributed by atoms with Crippen LogP contribution >= 0.6 is 0 Å². The van der Waals surface area contributed by atoms with Gasteiger partial charge in [0, 0.05) is 67.8 Å². The lowest BCUT2D eigenvalue weighted by Crippen LogP contribution is -2.26.